The number of ketones is 1. The Morgan fingerprint density at radius 1 is 1.28 bits per heavy atom. The molecule has 0 N–H and O–H groups in total. The second-order valence-electron chi connectivity index (χ2n) is 6.50. The molecule has 0 aliphatic carbocycles. The molecule has 1 aromatic heterocycles. The van der Waals surface area contributed by atoms with Crippen LogP contribution in [0.1, 0.15) is 28.7 Å². The van der Waals surface area contributed by atoms with Crippen molar-refractivity contribution in [2.75, 3.05) is 18.9 Å². The van der Waals surface area contributed by atoms with Gasteiger partial charge in [0.05, 0.1) is 35.7 Å². The van der Waals surface area contributed by atoms with Gasteiger partial charge in [0.2, 0.25) is 5.91 Å². The van der Waals surface area contributed by atoms with Crippen LogP contribution in [0.4, 0.5) is 4.39 Å². The van der Waals surface area contributed by atoms with Crippen LogP contribution in [0.3, 0.4) is 0 Å². The second-order valence-corrected chi connectivity index (χ2v) is 7.49. The normalized spacial score (nSPS) is 15.2. The molecule has 1 saturated heterocycles. The van der Waals surface area contributed by atoms with Crippen molar-refractivity contribution in [1.29, 1.82) is 0 Å². The summed E-state index contributed by atoms with van der Waals surface area (Å²) in [6.45, 7) is 5.25. The van der Waals surface area contributed by atoms with E-state index in [0.29, 0.717) is 27.7 Å². The summed E-state index contributed by atoms with van der Waals surface area (Å²) in [6.07, 6.45) is 1.23. The van der Waals surface area contributed by atoms with Crippen LogP contribution in [-0.4, -0.2) is 46.0 Å². The quantitative estimate of drug-likeness (QED) is 0.410. The minimum Gasteiger partial charge on any atom is -0.463 e. The van der Waals surface area contributed by atoms with Gasteiger partial charge in [0, 0.05) is 17.0 Å². The van der Waals surface area contributed by atoms with E-state index >= 15 is 0 Å². The summed E-state index contributed by atoms with van der Waals surface area (Å²) in [6, 6.07) is 8.03. The van der Waals surface area contributed by atoms with E-state index in [9.17, 15) is 18.8 Å². The second kappa shape index (κ2) is 8.65. The Hall–Kier alpha value is -2.87. The van der Waals surface area contributed by atoms with Crippen molar-refractivity contribution in [2.24, 2.45) is 0 Å². The number of esters is 1. The van der Waals surface area contributed by atoms with Gasteiger partial charge in [-0.05, 0) is 39.0 Å². The van der Waals surface area contributed by atoms with Crippen LogP contribution < -0.4 is 0 Å². The van der Waals surface area contributed by atoms with Crippen molar-refractivity contribution < 1.29 is 23.5 Å². The zero-order chi connectivity index (χ0) is 21.1. The van der Waals surface area contributed by atoms with E-state index in [1.165, 1.54) is 28.8 Å². The summed E-state index contributed by atoms with van der Waals surface area (Å²) in [7, 11) is 0. The van der Waals surface area contributed by atoms with E-state index in [1.54, 1.807) is 49.6 Å². The molecule has 1 aromatic carbocycles. The van der Waals surface area contributed by atoms with Crippen molar-refractivity contribution in [3.8, 4) is 5.69 Å². The van der Waals surface area contributed by atoms with Gasteiger partial charge in [0.1, 0.15) is 5.82 Å². The predicted molar refractivity (Wildman–Crippen MR) is 108 cm³/mol. The molecule has 2 heterocycles. The van der Waals surface area contributed by atoms with Crippen LogP contribution in [0.15, 0.2) is 41.4 Å². The molecule has 8 heteroatoms. The fourth-order valence-corrected chi connectivity index (χ4v) is 4.19. The number of Topliss-reactive ketones (excluding diaryl/α,β-unsaturated/α-hetero) is 1. The molecule has 0 spiro atoms. The Balaban J connectivity index is 1.88. The maximum Gasteiger partial charge on any atom is 0.333 e. The van der Waals surface area contributed by atoms with Gasteiger partial charge in [-0.2, -0.15) is 0 Å². The van der Waals surface area contributed by atoms with Crippen molar-refractivity contribution in [1.82, 2.24) is 9.47 Å². The van der Waals surface area contributed by atoms with E-state index in [4.69, 9.17) is 4.74 Å². The minimum absolute atomic E-state index is 0.159. The highest BCUT2D eigenvalue weighted by Crippen LogP contribution is 2.30. The number of hydrogen-bond donors (Lipinski definition) is 0. The number of carbonyl (C=O) groups is 3. The zero-order valence-corrected chi connectivity index (χ0v) is 17.2. The molecule has 1 fully saturated rings. The Bertz CT molecular complexity index is 1010. The predicted octanol–water partition coefficient (Wildman–Crippen LogP) is 3.40. The fraction of sp³-hybridized carbons (Fsp3) is 0.286. The first kappa shape index (κ1) is 20.9. The Kier molecular flexibility index (Phi) is 6.22. The zero-order valence-electron chi connectivity index (χ0n) is 16.4. The van der Waals surface area contributed by atoms with Crippen LogP contribution in [-0.2, 0) is 14.3 Å². The van der Waals surface area contributed by atoms with Crippen LogP contribution in [0.25, 0.3) is 5.69 Å². The van der Waals surface area contributed by atoms with E-state index in [1.807, 2.05) is 0 Å². The molecule has 2 aromatic rings. The number of aryl methyl sites for hydroxylation is 1. The lowest BCUT2D eigenvalue weighted by atomic mass is 10.1. The lowest BCUT2D eigenvalue weighted by molar-refractivity contribution is -0.137. The molecule has 6 nitrogen and oxygen atoms in total. The lowest BCUT2D eigenvalue weighted by Crippen LogP contribution is -2.31. The Labute approximate surface area is 172 Å². The highest BCUT2D eigenvalue weighted by molar-refractivity contribution is 8.04. The highest BCUT2D eigenvalue weighted by Gasteiger charge is 2.30. The van der Waals surface area contributed by atoms with Crippen LogP contribution in [0.2, 0.25) is 0 Å². The maximum absolute atomic E-state index is 14.2. The van der Waals surface area contributed by atoms with Gasteiger partial charge in [-0.15, -0.1) is 0 Å². The summed E-state index contributed by atoms with van der Waals surface area (Å²) >= 11 is 1.19. The van der Waals surface area contributed by atoms with Gasteiger partial charge in [0.25, 0.3) is 0 Å². The molecule has 0 atom stereocenters. The topological polar surface area (TPSA) is 68.6 Å². The molecular formula is C21H21FN2O4S. The monoisotopic (exact) mass is 416 g/mol. The first-order chi connectivity index (χ1) is 13.8. The van der Waals surface area contributed by atoms with E-state index in [2.05, 4.69) is 0 Å². The number of amides is 1. The molecule has 1 amide bonds. The average Bonchev–Trinajstić information content (AvgIpc) is 3.16. The van der Waals surface area contributed by atoms with Crippen molar-refractivity contribution in [3.05, 3.63) is 64.2 Å². The fourth-order valence-electron chi connectivity index (χ4n) is 3.26. The molecule has 3 rings (SSSR count). The number of benzene rings is 1. The third-order valence-corrected chi connectivity index (χ3v) is 5.59. The number of thioether (sulfide) groups is 1. The van der Waals surface area contributed by atoms with Crippen LogP contribution >= 0.6 is 11.8 Å². The van der Waals surface area contributed by atoms with E-state index in [-0.39, 0.29) is 36.4 Å². The van der Waals surface area contributed by atoms with Crippen LogP contribution in [0.5, 0.6) is 0 Å². The molecule has 152 valence electrons. The third-order valence-electron chi connectivity index (χ3n) is 4.57. The standard InChI is InChI=1S/C21H21FN2O4S/c1-4-28-21(27)10-20-23(19(26)12-29-20)11-18(25)15-9-13(2)24(14(15)3)17-8-6-5-7-16(17)22/h5-10H,4,11-12H2,1-3H3/b20-10-. The molecule has 0 radical (unpaired) electrons. The SMILES string of the molecule is CCOC(=O)/C=C1\SCC(=O)N1CC(=O)c1cc(C)n(-c2ccccc2F)c1C. The summed E-state index contributed by atoms with van der Waals surface area (Å²) < 4.78 is 20.8. The minimum atomic E-state index is -0.556. The summed E-state index contributed by atoms with van der Waals surface area (Å²) in [5, 5.41) is 0.393. The van der Waals surface area contributed by atoms with E-state index in [0.717, 1.165) is 0 Å². The summed E-state index contributed by atoms with van der Waals surface area (Å²) in [4.78, 5) is 38.2. The van der Waals surface area contributed by atoms with Crippen molar-refractivity contribution >= 4 is 29.4 Å². The summed E-state index contributed by atoms with van der Waals surface area (Å²) in [5.74, 6) is -1.32. The molecule has 1 aliphatic rings. The first-order valence-corrected chi connectivity index (χ1v) is 10.1. The number of aromatic nitrogens is 1. The first-order valence-electron chi connectivity index (χ1n) is 9.12. The molecule has 1 aliphatic heterocycles. The maximum atomic E-state index is 14.2. The molecule has 0 saturated carbocycles. The van der Waals surface area contributed by atoms with Gasteiger partial charge in [0.15, 0.2) is 5.78 Å². The van der Waals surface area contributed by atoms with Gasteiger partial charge in [-0.3, -0.25) is 14.5 Å². The van der Waals surface area contributed by atoms with Gasteiger partial charge in [-0.25, -0.2) is 9.18 Å². The molecular weight excluding hydrogens is 395 g/mol. The average molecular weight is 416 g/mol. The Morgan fingerprint density at radius 3 is 2.69 bits per heavy atom. The van der Waals surface area contributed by atoms with Gasteiger partial charge >= 0.3 is 5.97 Å². The lowest BCUT2D eigenvalue weighted by Gasteiger charge is -2.16. The van der Waals surface area contributed by atoms with E-state index < -0.39 is 5.97 Å². The van der Waals surface area contributed by atoms with Crippen LogP contribution in [0, 0.1) is 19.7 Å². The number of ether oxygens (including phenoxy) is 1. The Morgan fingerprint density at radius 2 is 2.00 bits per heavy atom. The van der Waals surface area contributed by atoms with Crippen molar-refractivity contribution in [2.45, 2.75) is 20.8 Å². The molecule has 0 unspecified atom stereocenters. The number of rotatable bonds is 6. The van der Waals surface area contributed by atoms with Gasteiger partial charge in [-0.1, -0.05) is 23.9 Å². The summed E-state index contributed by atoms with van der Waals surface area (Å²) in [5.41, 5.74) is 2.07. The smallest absolute Gasteiger partial charge is 0.333 e. The largest absolute Gasteiger partial charge is 0.463 e. The number of hydrogen-bond acceptors (Lipinski definition) is 5. The number of para-hydroxylation sites is 1. The molecule has 29 heavy (non-hydrogen) atoms. The van der Waals surface area contributed by atoms with Crippen molar-refractivity contribution in [3.63, 3.8) is 0 Å². The number of halogens is 1. The highest BCUT2D eigenvalue weighted by atomic mass is 32.2. The van der Waals surface area contributed by atoms with Gasteiger partial charge < -0.3 is 9.30 Å². The number of nitrogens with zero attached hydrogens (tertiary/aromatic N) is 2. The number of carbonyl (C=O) groups excluding carboxylic acids is 3. The third kappa shape index (κ3) is 4.27. The molecule has 0 bridgehead atoms.